The number of nitrogens with zero attached hydrogens (tertiary/aromatic N) is 2. The van der Waals surface area contributed by atoms with Gasteiger partial charge in [-0.2, -0.15) is 26.0 Å². The van der Waals surface area contributed by atoms with Crippen molar-refractivity contribution >= 4 is 20.2 Å². The number of hydrogen-bond donors (Lipinski definition) is 2. The molecular weight excluding hydrogens is 789 g/mol. The van der Waals surface area contributed by atoms with Crippen LogP contribution in [0.2, 0.25) is 0 Å². The lowest BCUT2D eigenvalue weighted by Gasteiger charge is -2.14. The molecular formula is C50H50N2O6S2+2. The molecule has 306 valence electrons. The lowest BCUT2D eigenvalue weighted by Crippen LogP contribution is -2.39. The second-order valence-electron chi connectivity index (χ2n) is 15.3. The zero-order valence-corrected chi connectivity index (χ0v) is 36.0. The van der Waals surface area contributed by atoms with Gasteiger partial charge in [0.15, 0.2) is 0 Å². The third-order valence-electron chi connectivity index (χ3n) is 10.9. The summed E-state index contributed by atoms with van der Waals surface area (Å²) >= 11 is 0. The van der Waals surface area contributed by atoms with E-state index in [2.05, 4.69) is 134 Å². The fourth-order valence-electron chi connectivity index (χ4n) is 7.55. The molecule has 5 aromatic carbocycles. The molecule has 0 radical (unpaired) electrons. The summed E-state index contributed by atoms with van der Waals surface area (Å²) in [5, 5.41) is 0. The van der Waals surface area contributed by atoms with E-state index in [1.165, 1.54) is 24.3 Å². The van der Waals surface area contributed by atoms with Crippen LogP contribution >= 0.6 is 0 Å². The molecule has 0 saturated heterocycles. The molecule has 0 aliphatic rings. The maximum atomic E-state index is 11.9. The van der Waals surface area contributed by atoms with Gasteiger partial charge < -0.3 is 0 Å². The highest BCUT2D eigenvalue weighted by atomic mass is 32.2. The Morgan fingerprint density at radius 3 is 0.883 bits per heavy atom. The monoisotopic (exact) mass is 838 g/mol. The van der Waals surface area contributed by atoms with Crippen LogP contribution in [0.25, 0.3) is 67.3 Å². The maximum absolute atomic E-state index is 11.9. The molecule has 0 fully saturated rings. The van der Waals surface area contributed by atoms with E-state index in [-0.39, 0.29) is 9.79 Å². The highest BCUT2D eigenvalue weighted by molar-refractivity contribution is 7.86. The van der Waals surface area contributed by atoms with E-state index in [1.54, 1.807) is 24.3 Å². The molecule has 60 heavy (non-hydrogen) atoms. The summed E-state index contributed by atoms with van der Waals surface area (Å²) in [5.41, 5.74) is 14.0. The molecule has 0 amide bonds. The molecule has 8 nitrogen and oxygen atoms in total. The minimum Gasteiger partial charge on any atom is -0.282 e. The van der Waals surface area contributed by atoms with E-state index in [1.807, 2.05) is 0 Å². The quantitative estimate of drug-likeness (QED) is 0.0832. The van der Waals surface area contributed by atoms with Crippen molar-refractivity contribution in [1.29, 1.82) is 0 Å². The van der Waals surface area contributed by atoms with Crippen molar-refractivity contribution < 1.29 is 35.1 Å². The minimum atomic E-state index is -4.35. The van der Waals surface area contributed by atoms with E-state index in [0.29, 0.717) is 0 Å². The number of unbranched alkanes of at least 4 members (excludes halogenated alkanes) is 2. The van der Waals surface area contributed by atoms with E-state index < -0.39 is 20.2 Å². The van der Waals surface area contributed by atoms with Gasteiger partial charge in [0.1, 0.15) is 13.1 Å². The Labute approximate surface area is 354 Å². The number of rotatable bonds is 14. The number of benzene rings is 5. The van der Waals surface area contributed by atoms with Gasteiger partial charge in [-0.25, -0.2) is 0 Å². The number of pyridine rings is 2. The lowest BCUT2D eigenvalue weighted by atomic mass is 9.95. The van der Waals surface area contributed by atoms with Gasteiger partial charge in [0.25, 0.3) is 20.2 Å². The molecule has 0 spiro atoms. The Bertz CT molecular complexity index is 2660. The van der Waals surface area contributed by atoms with Crippen molar-refractivity contribution in [3.63, 3.8) is 0 Å². The average molecular weight is 839 g/mol. The van der Waals surface area contributed by atoms with E-state index in [4.69, 9.17) is 0 Å². The van der Waals surface area contributed by atoms with Crippen LogP contribution in [0.15, 0.2) is 155 Å². The summed E-state index contributed by atoms with van der Waals surface area (Å²) in [6.07, 6.45) is 3.87. The van der Waals surface area contributed by atoms with Gasteiger partial charge in [0.2, 0.25) is 22.8 Å². The van der Waals surface area contributed by atoms with Crippen LogP contribution in [0.4, 0.5) is 0 Å². The molecule has 0 saturated carbocycles. The summed E-state index contributed by atoms with van der Waals surface area (Å²) in [7, 11) is -8.70. The zero-order chi connectivity index (χ0) is 42.6. The van der Waals surface area contributed by atoms with Gasteiger partial charge in [0, 0.05) is 59.4 Å². The van der Waals surface area contributed by atoms with E-state index >= 15 is 0 Å². The Kier molecular flexibility index (Phi) is 12.6. The van der Waals surface area contributed by atoms with E-state index in [0.717, 1.165) is 117 Å². The zero-order valence-electron chi connectivity index (χ0n) is 34.3. The molecule has 2 aromatic heterocycles. The van der Waals surface area contributed by atoms with Crippen molar-refractivity contribution in [2.75, 3.05) is 0 Å². The fraction of sp³-hybridized carbons (Fsp3) is 0.200. The molecule has 7 aromatic rings. The summed E-state index contributed by atoms with van der Waals surface area (Å²) < 4.78 is 71.8. The molecule has 0 aliphatic heterocycles. The Morgan fingerprint density at radius 2 is 0.633 bits per heavy atom. The highest BCUT2D eigenvalue weighted by Crippen LogP contribution is 2.34. The van der Waals surface area contributed by atoms with Crippen LogP contribution < -0.4 is 9.13 Å². The van der Waals surface area contributed by atoms with Gasteiger partial charge in [-0.1, -0.05) is 86.3 Å². The van der Waals surface area contributed by atoms with Crippen LogP contribution in [0.3, 0.4) is 0 Å². The minimum absolute atomic E-state index is 0.155. The number of aryl methyl sites for hydroxylation is 2. The second-order valence-corrected chi connectivity index (χ2v) is 18.2. The molecule has 0 unspecified atom stereocenters. The Balaban J connectivity index is 1.39. The molecule has 0 aliphatic carbocycles. The number of hydrogen-bond acceptors (Lipinski definition) is 4. The van der Waals surface area contributed by atoms with Crippen LogP contribution in [-0.2, 0) is 33.3 Å². The van der Waals surface area contributed by atoms with Crippen LogP contribution in [0, 0.1) is 13.8 Å². The average Bonchev–Trinajstić information content (AvgIpc) is 3.24. The third-order valence-corrected chi connectivity index (χ3v) is 12.7. The molecule has 0 atom stereocenters. The van der Waals surface area contributed by atoms with Crippen LogP contribution in [0.1, 0.15) is 50.7 Å². The van der Waals surface area contributed by atoms with Crippen molar-refractivity contribution in [2.24, 2.45) is 0 Å². The summed E-state index contributed by atoms with van der Waals surface area (Å²) in [6, 6.07) is 46.9. The maximum Gasteiger partial charge on any atom is 0.294 e. The third kappa shape index (κ3) is 9.48. The predicted molar refractivity (Wildman–Crippen MR) is 238 cm³/mol. The van der Waals surface area contributed by atoms with Crippen molar-refractivity contribution in [3.05, 3.63) is 157 Å². The normalized spacial score (nSPS) is 11.8. The van der Waals surface area contributed by atoms with Gasteiger partial charge in [-0.05, 0) is 109 Å². The predicted octanol–water partition coefficient (Wildman–Crippen LogP) is 11.0. The Hall–Kier alpha value is -5.78. The smallest absolute Gasteiger partial charge is 0.282 e. The first-order valence-corrected chi connectivity index (χ1v) is 23.2. The van der Waals surface area contributed by atoms with Crippen molar-refractivity contribution in [3.8, 4) is 67.3 Å². The fourth-order valence-corrected chi connectivity index (χ4v) is 8.51. The first-order chi connectivity index (χ1) is 28.7. The Morgan fingerprint density at radius 1 is 0.383 bits per heavy atom. The highest BCUT2D eigenvalue weighted by Gasteiger charge is 2.25. The summed E-state index contributed by atoms with van der Waals surface area (Å²) in [6.45, 7) is 9.96. The van der Waals surface area contributed by atoms with Gasteiger partial charge in [-0.15, -0.1) is 0 Å². The van der Waals surface area contributed by atoms with Gasteiger partial charge >= 0.3 is 0 Å². The number of aromatic nitrogens is 2. The first kappa shape index (κ1) is 42.3. The van der Waals surface area contributed by atoms with Crippen molar-refractivity contribution in [1.82, 2.24) is 0 Å². The summed E-state index contributed by atoms with van der Waals surface area (Å²) in [4.78, 5) is -0.310. The van der Waals surface area contributed by atoms with E-state index in [9.17, 15) is 25.9 Å². The molecule has 10 heteroatoms. The topological polar surface area (TPSA) is 116 Å². The van der Waals surface area contributed by atoms with Crippen LogP contribution in [-0.4, -0.2) is 25.9 Å². The van der Waals surface area contributed by atoms with Crippen molar-refractivity contribution in [2.45, 2.75) is 76.3 Å². The van der Waals surface area contributed by atoms with Crippen LogP contribution in [0.5, 0.6) is 0 Å². The van der Waals surface area contributed by atoms with Gasteiger partial charge in [-0.3, -0.25) is 9.11 Å². The molecule has 7 rings (SSSR count). The molecule has 2 heterocycles. The molecule has 2 N–H and O–H groups in total. The van der Waals surface area contributed by atoms with Gasteiger partial charge in [0.05, 0.1) is 9.79 Å². The largest absolute Gasteiger partial charge is 0.294 e. The standard InChI is InChI=1S/C50H48N2O6S2/c1-5-7-29-51-47(39-13-9-35(3)10-14-39)31-43(33-49(51)41-21-25-45(26-22-41)59(53,54)55)37-17-19-38(20-18-37)44-32-48(40-15-11-36(4)12-16-40)52(30-8-6-2)50(34-44)42-23-27-46(28-24-42)60(56,57)58/h9-28,31-34H,5-8,29-30H2,1-4H3/p+2. The SMILES string of the molecule is CCCC[n+]1c(-c2ccc(C)cc2)cc(-c2ccc(-c3cc(-c4ccc(C)cc4)[n+](CCCC)c(-c4ccc(S(=O)(=O)O)cc4)c3)cc2)cc1-c1ccc(S(=O)(=O)O)cc1. The summed E-state index contributed by atoms with van der Waals surface area (Å²) in [5.74, 6) is 0. The lowest BCUT2D eigenvalue weighted by molar-refractivity contribution is -0.676. The second kappa shape index (κ2) is 17.8. The first-order valence-electron chi connectivity index (χ1n) is 20.3. The molecule has 0 bridgehead atoms.